The molecule has 5 heteroatoms. The largest absolute Gasteiger partial charge is 0.387 e. The van der Waals surface area contributed by atoms with Crippen molar-refractivity contribution in [1.82, 2.24) is 10.6 Å². The maximum absolute atomic E-state index is 11.5. The highest BCUT2D eigenvalue weighted by atomic mass is 35.5. The number of aliphatic hydroxyl groups excluding tert-OH is 1. The number of amides is 1. The molecule has 2 rings (SSSR count). The Labute approximate surface area is 120 Å². The van der Waals surface area contributed by atoms with E-state index in [0.29, 0.717) is 12.6 Å². The molecule has 0 bridgehead atoms. The van der Waals surface area contributed by atoms with Crippen LogP contribution in [0.5, 0.6) is 0 Å². The van der Waals surface area contributed by atoms with Gasteiger partial charge in [-0.1, -0.05) is 29.8 Å². The third kappa shape index (κ3) is 5.59. The second kappa shape index (κ2) is 7.48. The fourth-order valence-electron chi connectivity index (χ4n) is 1.70. The number of halogens is 1. The standard InChI is InChI=1S/C14H20N2O2.ClH/c1-10-2-4-11(5-3-10)13(17)8-16-14(18)9-15-12-6-7-12;/h2-5,12-13,15,17H,6-9H2,1H3,(H,16,18);1H. The molecule has 1 atom stereocenters. The van der Waals surface area contributed by atoms with Crippen LogP contribution >= 0.6 is 12.4 Å². The summed E-state index contributed by atoms with van der Waals surface area (Å²) in [4.78, 5) is 11.5. The molecule has 1 aromatic carbocycles. The summed E-state index contributed by atoms with van der Waals surface area (Å²) in [6.45, 7) is 2.60. The van der Waals surface area contributed by atoms with E-state index in [1.807, 2.05) is 31.2 Å². The van der Waals surface area contributed by atoms with Crippen molar-refractivity contribution in [2.24, 2.45) is 0 Å². The van der Waals surface area contributed by atoms with Crippen molar-refractivity contribution < 1.29 is 9.90 Å². The number of carbonyl (C=O) groups is 1. The Bertz CT molecular complexity index is 404. The molecule has 0 heterocycles. The normalized spacial score (nSPS) is 15.5. The van der Waals surface area contributed by atoms with Crippen molar-refractivity contribution in [2.75, 3.05) is 13.1 Å². The highest BCUT2D eigenvalue weighted by Gasteiger charge is 2.21. The number of rotatable bonds is 6. The number of hydrogen-bond donors (Lipinski definition) is 3. The van der Waals surface area contributed by atoms with E-state index in [-0.39, 0.29) is 24.9 Å². The van der Waals surface area contributed by atoms with Crippen molar-refractivity contribution >= 4 is 18.3 Å². The van der Waals surface area contributed by atoms with Crippen molar-refractivity contribution in [3.05, 3.63) is 35.4 Å². The number of nitrogens with one attached hydrogen (secondary N) is 2. The van der Waals surface area contributed by atoms with Gasteiger partial charge in [0.25, 0.3) is 0 Å². The summed E-state index contributed by atoms with van der Waals surface area (Å²) in [5.41, 5.74) is 1.99. The van der Waals surface area contributed by atoms with Gasteiger partial charge in [-0.2, -0.15) is 0 Å². The highest BCUT2D eigenvalue weighted by molar-refractivity contribution is 5.85. The van der Waals surface area contributed by atoms with Crippen LogP contribution in [-0.2, 0) is 4.79 Å². The Morgan fingerprint density at radius 2 is 2.00 bits per heavy atom. The first-order chi connectivity index (χ1) is 8.65. The fraction of sp³-hybridized carbons (Fsp3) is 0.500. The first-order valence-electron chi connectivity index (χ1n) is 6.40. The Kier molecular flexibility index (Phi) is 6.28. The zero-order chi connectivity index (χ0) is 13.0. The Morgan fingerprint density at radius 1 is 1.37 bits per heavy atom. The van der Waals surface area contributed by atoms with E-state index in [2.05, 4.69) is 10.6 Å². The molecule has 4 nitrogen and oxygen atoms in total. The van der Waals surface area contributed by atoms with Gasteiger partial charge < -0.3 is 15.7 Å². The van der Waals surface area contributed by atoms with Gasteiger partial charge in [0.05, 0.1) is 12.6 Å². The van der Waals surface area contributed by atoms with Gasteiger partial charge in [-0.25, -0.2) is 0 Å². The number of aryl methyl sites for hydroxylation is 1. The molecule has 0 radical (unpaired) electrons. The summed E-state index contributed by atoms with van der Waals surface area (Å²) in [5.74, 6) is -0.0620. The van der Waals surface area contributed by atoms with Crippen LogP contribution in [0.3, 0.4) is 0 Å². The van der Waals surface area contributed by atoms with Crippen LogP contribution in [0.4, 0.5) is 0 Å². The first-order valence-corrected chi connectivity index (χ1v) is 6.40. The van der Waals surface area contributed by atoms with E-state index < -0.39 is 6.10 Å². The van der Waals surface area contributed by atoms with Crippen LogP contribution in [0, 0.1) is 6.92 Å². The molecule has 0 aromatic heterocycles. The molecule has 1 saturated carbocycles. The molecule has 1 aromatic rings. The average molecular weight is 285 g/mol. The van der Waals surface area contributed by atoms with E-state index in [1.165, 1.54) is 12.8 Å². The molecule has 0 aliphatic heterocycles. The number of carbonyl (C=O) groups excluding carboxylic acids is 1. The van der Waals surface area contributed by atoms with Gasteiger partial charge >= 0.3 is 0 Å². The molecule has 3 N–H and O–H groups in total. The molecule has 1 amide bonds. The van der Waals surface area contributed by atoms with Crippen LogP contribution in [0.15, 0.2) is 24.3 Å². The lowest BCUT2D eigenvalue weighted by Gasteiger charge is -2.12. The Morgan fingerprint density at radius 3 is 2.58 bits per heavy atom. The summed E-state index contributed by atoms with van der Waals surface area (Å²) in [7, 11) is 0. The van der Waals surface area contributed by atoms with Crippen LogP contribution < -0.4 is 10.6 Å². The molecule has 1 unspecified atom stereocenters. The summed E-state index contributed by atoms with van der Waals surface area (Å²) in [5, 5.41) is 15.8. The number of hydrogen-bond acceptors (Lipinski definition) is 3. The minimum atomic E-state index is -0.643. The van der Waals surface area contributed by atoms with Crippen molar-refractivity contribution in [2.45, 2.75) is 31.9 Å². The lowest BCUT2D eigenvalue weighted by molar-refractivity contribution is -0.120. The Hall–Kier alpha value is -1.10. The summed E-state index contributed by atoms with van der Waals surface area (Å²) in [6.07, 6.45) is 1.69. The second-order valence-electron chi connectivity index (χ2n) is 4.89. The summed E-state index contributed by atoms with van der Waals surface area (Å²) >= 11 is 0. The van der Waals surface area contributed by atoms with Crippen molar-refractivity contribution in [3.8, 4) is 0 Å². The van der Waals surface area contributed by atoms with E-state index in [0.717, 1.165) is 11.1 Å². The van der Waals surface area contributed by atoms with Crippen LogP contribution in [0.2, 0.25) is 0 Å². The van der Waals surface area contributed by atoms with Crippen molar-refractivity contribution in [3.63, 3.8) is 0 Å². The fourth-order valence-corrected chi connectivity index (χ4v) is 1.70. The van der Waals surface area contributed by atoms with Crippen LogP contribution in [0.1, 0.15) is 30.1 Å². The maximum atomic E-state index is 11.5. The average Bonchev–Trinajstić information content (AvgIpc) is 3.18. The summed E-state index contributed by atoms with van der Waals surface area (Å²) in [6, 6.07) is 8.20. The van der Waals surface area contributed by atoms with E-state index in [4.69, 9.17) is 0 Å². The number of benzene rings is 1. The predicted octanol–water partition coefficient (Wildman–Crippen LogP) is 1.32. The third-order valence-electron chi connectivity index (χ3n) is 3.08. The summed E-state index contributed by atoms with van der Waals surface area (Å²) < 4.78 is 0. The van der Waals surface area contributed by atoms with Crippen molar-refractivity contribution in [1.29, 1.82) is 0 Å². The number of aliphatic hydroxyl groups is 1. The van der Waals surface area contributed by atoms with Gasteiger partial charge in [0.1, 0.15) is 0 Å². The molecular formula is C14H21ClN2O2. The molecule has 0 saturated heterocycles. The first kappa shape index (κ1) is 16.0. The SMILES string of the molecule is Cc1ccc(C(O)CNC(=O)CNC2CC2)cc1.Cl. The van der Waals surface area contributed by atoms with Gasteiger partial charge in [0.2, 0.25) is 5.91 Å². The van der Waals surface area contributed by atoms with Crippen LogP contribution in [-0.4, -0.2) is 30.1 Å². The Balaban J connectivity index is 0.00000180. The van der Waals surface area contributed by atoms with Gasteiger partial charge in [-0.3, -0.25) is 4.79 Å². The van der Waals surface area contributed by atoms with E-state index >= 15 is 0 Å². The van der Waals surface area contributed by atoms with E-state index in [1.54, 1.807) is 0 Å². The second-order valence-corrected chi connectivity index (χ2v) is 4.89. The monoisotopic (exact) mass is 284 g/mol. The molecule has 1 aliphatic rings. The third-order valence-corrected chi connectivity index (χ3v) is 3.08. The minimum Gasteiger partial charge on any atom is -0.387 e. The molecule has 0 spiro atoms. The molecular weight excluding hydrogens is 264 g/mol. The topological polar surface area (TPSA) is 61.4 Å². The van der Waals surface area contributed by atoms with Gasteiger partial charge in [0, 0.05) is 12.6 Å². The quantitative estimate of drug-likeness (QED) is 0.738. The predicted molar refractivity (Wildman–Crippen MR) is 77.4 cm³/mol. The molecule has 1 fully saturated rings. The molecule has 106 valence electrons. The van der Waals surface area contributed by atoms with Gasteiger partial charge in [-0.05, 0) is 25.3 Å². The highest BCUT2D eigenvalue weighted by Crippen LogP contribution is 2.18. The molecule has 19 heavy (non-hydrogen) atoms. The van der Waals surface area contributed by atoms with Gasteiger partial charge in [-0.15, -0.1) is 12.4 Å². The zero-order valence-corrected chi connectivity index (χ0v) is 11.9. The maximum Gasteiger partial charge on any atom is 0.234 e. The van der Waals surface area contributed by atoms with E-state index in [9.17, 15) is 9.90 Å². The minimum absolute atomic E-state index is 0. The smallest absolute Gasteiger partial charge is 0.234 e. The van der Waals surface area contributed by atoms with Gasteiger partial charge in [0.15, 0.2) is 0 Å². The molecule has 1 aliphatic carbocycles. The lowest BCUT2D eigenvalue weighted by Crippen LogP contribution is -2.36. The van der Waals surface area contributed by atoms with Crippen LogP contribution in [0.25, 0.3) is 0 Å². The lowest BCUT2D eigenvalue weighted by atomic mass is 10.1. The zero-order valence-electron chi connectivity index (χ0n) is 11.1.